The Labute approximate surface area is 142 Å². The molecule has 0 aromatic rings. The largest absolute Gasteiger partial charge is 0.393 e. The Kier molecular flexibility index (Phi) is 16.5. The SMILES string of the molecule is CCCCCCCCCCCCCCCC(=O)OC(=O)CS. The molecule has 0 aromatic heterocycles. The molecule has 0 spiro atoms. The third-order valence-corrected chi connectivity index (χ3v) is 4.10. The Balaban J connectivity index is 3.14. The van der Waals surface area contributed by atoms with E-state index in [1.807, 2.05) is 0 Å². The van der Waals surface area contributed by atoms with Gasteiger partial charge in [-0.1, -0.05) is 84.0 Å². The fraction of sp³-hybridized carbons (Fsp3) is 0.889. The van der Waals surface area contributed by atoms with Crippen molar-refractivity contribution in [1.82, 2.24) is 0 Å². The van der Waals surface area contributed by atoms with E-state index in [1.54, 1.807) is 0 Å². The number of hydrogen-bond acceptors (Lipinski definition) is 4. The highest BCUT2D eigenvalue weighted by Crippen LogP contribution is 2.13. The van der Waals surface area contributed by atoms with Crippen LogP contribution in [0, 0.1) is 0 Å². The molecule has 0 aliphatic rings. The summed E-state index contributed by atoms with van der Waals surface area (Å²) in [5.41, 5.74) is 0. The van der Waals surface area contributed by atoms with Gasteiger partial charge in [0.1, 0.15) is 0 Å². The Hall–Kier alpha value is -0.510. The first kappa shape index (κ1) is 21.5. The minimum absolute atomic E-state index is 0.0374. The fourth-order valence-electron chi connectivity index (χ4n) is 2.50. The van der Waals surface area contributed by atoms with Crippen LogP contribution in [0.4, 0.5) is 0 Å². The Morgan fingerprint density at radius 3 is 1.50 bits per heavy atom. The normalized spacial score (nSPS) is 10.6. The standard InChI is InChI=1S/C18H34O3S/c1-2-3-4-5-6-7-8-9-10-11-12-13-14-15-17(19)21-18(20)16-22/h22H,2-16H2,1H3. The molecule has 0 atom stereocenters. The highest BCUT2D eigenvalue weighted by Gasteiger charge is 2.07. The van der Waals surface area contributed by atoms with Crippen LogP contribution in [-0.2, 0) is 14.3 Å². The smallest absolute Gasteiger partial charge is 0.323 e. The number of hydrogen-bond donors (Lipinski definition) is 1. The van der Waals surface area contributed by atoms with Crippen molar-refractivity contribution in [2.45, 2.75) is 96.8 Å². The monoisotopic (exact) mass is 330 g/mol. The van der Waals surface area contributed by atoms with Gasteiger partial charge in [0.05, 0.1) is 5.75 Å². The Morgan fingerprint density at radius 2 is 1.09 bits per heavy atom. The highest BCUT2D eigenvalue weighted by molar-refractivity contribution is 7.81. The van der Waals surface area contributed by atoms with Crippen LogP contribution >= 0.6 is 12.6 Å². The van der Waals surface area contributed by atoms with Gasteiger partial charge in [-0.05, 0) is 6.42 Å². The van der Waals surface area contributed by atoms with Gasteiger partial charge in [0, 0.05) is 6.42 Å². The van der Waals surface area contributed by atoms with Crippen LogP contribution in [0.5, 0.6) is 0 Å². The van der Waals surface area contributed by atoms with Gasteiger partial charge in [-0.3, -0.25) is 9.59 Å². The quantitative estimate of drug-likeness (QED) is 0.187. The molecular formula is C18H34O3S. The first-order chi connectivity index (χ1) is 10.7. The molecule has 0 bridgehead atoms. The topological polar surface area (TPSA) is 43.4 Å². The average molecular weight is 331 g/mol. The van der Waals surface area contributed by atoms with Crippen molar-refractivity contribution in [1.29, 1.82) is 0 Å². The van der Waals surface area contributed by atoms with Gasteiger partial charge in [-0.15, -0.1) is 0 Å². The van der Waals surface area contributed by atoms with Crippen molar-refractivity contribution in [2.75, 3.05) is 5.75 Å². The lowest BCUT2D eigenvalue weighted by atomic mass is 10.0. The van der Waals surface area contributed by atoms with Crippen LogP contribution < -0.4 is 0 Å². The molecule has 0 heterocycles. The molecule has 3 nitrogen and oxygen atoms in total. The molecule has 0 aliphatic carbocycles. The molecule has 0 fully saturated rings. The number of carbonyl (C=O) groups excluding carboxylic acids is 2. The van der Waals surface area contributed by atoms with E-state index < -0.39 is 11.9 Å². The molecule has 22 heavy (non-hydrogen) atoms. The van der Waals surface area contributed by atoms with E-state index >= 15 is 0 Å². The lowest BCUT2D eigenvalue weighted by molar-refractivity contribution is -0.157. The summed E-state index contributed by atoms with van der Waals surface area (Å²) in [7, 11) is 0. The summed E-state index contributed by atoms with van der Waals surface area (Å²) in [5.74, 6) is -1.00. The minimum Gasteiger partial charge on any atom is -0.393 e. The number of thiol groups is 1. The summed E-state index contributed by atoms with van der Waals surface area (Å²) in [4.78, 5) is 22.1. The molecule has 0 N–H and O–H groups in total. The average Bonchev–Trinajstić information content (AvgIpc) is 2.51. The van der Waals surface area contributed by atoms with Crippen molar-refractivity contribution in [3.05, 3.63) is 0 Å². The van der Waals surface area contributed by atoms with Gasteiger partial charge >= 0.3 is 11.9 Å². The number of carbonyl (C=O) groups is 2. The van der Waals surface area contributed by atoms with Gasteiger partial charge in [0.2, 0.25) is 0 Å². The molecule has 0 unspecified atom stereocenters. The Bertz CT molecular complexity index is 280. The summed E-state index contributed by atoms with van der Waals surface area (Å²) >= 11 is 3.76. The highest BCUT2D eigenvalue weighted by atomic mass is 32.1. The predicted molar refractivity (Wildman–Crippen MR) is 95.3 cm³/mol. The fourth-order valence-corrected chi connectivity index (χ4v) is 2.56. The second kappa shape index (κ2) is 16.9. The summed E-state index contributed by atoms with van der Waals surface area (Å²) in [6, 6.07) is 0. The van der Waals surface area contributed by atoms with Crippen LogP contribution in [0.2, 0.25) is 0 Å². The molecule has 0 aromatic carbocycles. The third kappa shape index (κ3) is 15.9. The lowest BCUT2D eigenvalue weighted by Gasteiger charge is -2.03. The molecule has 0 aliphatic heterocycles. The molecule has 0 saturated carbocycles. The van der Waals surface area contributed by atoms with Crippen LogP contribution in [-0.4, -0.2) is 17.7 Å². The molecule has 130 valence electrons. The summed E-state index contributed by atoms with van der Waals surface area (Å²) in [6.07, 6.45) is 16.9. The maximum Gasteiger partial charge on any atom is 0.323 e. The number of rotatable bonds is 15. The van der Waals surface area contributed by atoms with Crippen molar-refractivity contribution in [3.8, 4) is 0 Å². The summed E-state index contributed by atoms with van der Waals surface area (Å²) in [6.45, 7) is 2.25. The minimum atomic E-state index is -0.553. The first-order valence-corrected chi connectivity index (χ1v) is 9.68. The van der Waals surface area contributed by atoms with E-state index in [0.717, 1.165) is 12.8 Å². The van der Waals surface area contributed by atoms with E-state index in [1.165, 1.54) is 70.6 Å². The number of unbranched alkanes of at least 4 members (excludes halogenated alkanes) is 12. The van der Waals surface area contributed by atoms with E-state index in [-0.39, 0.29) is 5.75 Å². The van der Waals surface area contributed by atoms with Crippen molar-refractivity contribution in [2.24, 2.45) is 0 Å². The maximum atomic E-state index is 11.2. The summed E-state index contributed by atoms with van der Waals surface area (Å²) in [5, 5.41) is 0. The van der Waals surface area contributed by atoms with Gasteiger partial charge in [0.15, 0.2) is 0 Å². The second-order valence-electron chi connectivity index (χ2n) is 6.00. The van der Waals surface area contributed by atoms with E-state index in [4.69, 9.17) is 0 Å². The second-order valence-corrected chi connectivity index (χ2v) is 6.31. The van der Waals surface area contributed by atoms with Crippen LogP contribution in [0.1, 0.15) is 96.8 Å². The molecular weight excluding hydrogens is 296 g/mol. The van der Waals surface area contributed by atoms with E-state index in [0.29, 0.717) is 6.42 Å². The van der Waals surface area contributed by atoms with Crippen LogP contribution in [0.15, 0.2) is 0 Å². The molecule has 0 rings (SSSR count). The molecule has 0 saturated heterocycles. The molecule has 0 amide bonds. The zero-order valence-corrected chi connectivity index (χ0v) is 15.2. The predicted octanol–water partition coefficient (Wildman–Crippen LogP) is 5.47. The molecule has 4 heteroatoms. The zero-order valence-electron chi connectivity index (χ0n) is 14.3. The van der Waals surface area contributed by atoms with E-state index in [2.05, 4.69) is 24.3 Å². The number of esters is 2. The van der Waals surface area contributed by atoms with Crippen LogP contribution in [0.25, 0.3) is 0 Å². The van der Waals surface area contributed by atoms with Crippen LogP contribution in [0.3, 0.4) is 0 Å². The number of ether oxygens (including phenoxy) is 1. The Morgan fingerprint density at radius 1 is 0.682 bits per heavy atom. The lowest BCUT2D eigenvalue weighted by Crippen LogP contribution is -2.12. The van der Waals surface area contributed by atoms with Crippen molar-refractivity contribution < 1.29 is 14.3 Å². The zero-order chi connectivity index (χ0) is 16.5. The van der Waals surface area contributed by atoms with E-state index in [9.17, 15) is 9.59 Å². The van der Waals surface area contributed by atoms with Gasteiger partial charge in [0.25, 0.3) is 0 Å². The van der Waals surface area contributed by atoms with Crippen molar-refractivity contribution >= 4 is 24.6 Å². The maximum absolute atomic E-state index is 11.2. The molecule has 0 radical (unpaired) electrons. The van der Waals surface area contributed by atoms with Gasteiger partial charge in [-0.25, -0.2) is 0 Å². The van der Waals surface area contributed by atoms with Gasteiger partial charge in [-0.2, -0.15) is 12.6 Å². The van der Waals surface area contributed by atoms with Gasteiger partial charge < -0.3 is 4.74 Å². The summed E-state index contributed by atoms with van der Waals surface area (Å²) < 4.78 is 4.55. The third-order valence-electron chi connectivity index (χ3n) is 3.84. The van der Waals surface area contributed by atoms with Crippen molar-refractivity contribution in [3.63, 3.8) is 0 Å². The first-order valence-electron chi connectivity index (χ1n) is 9.05.